The van der Waals surface area contributed by atoms with E-state index in [1.165, 1.54) is 36.2 Å². The molecule has 7 heteroatoms. The number of carboxylic acid groups (broad SMARTS) is 1. The van der Waals surface area contributed by atoms with Crippen molar-refractivity contribution in [3.05, 3.63) is 41.3 Å². The molecule has 1 aromatic heterocycles. The van der Waals surface area contributed by atoms with E-state index in [1.54, 1.807) is 6.92 Å². The van der Waals surface area contributed by atoms with E-state index in [-0.39, 0.29) is 16.9 Å². The third-order valence-electron chi connectivity index (χ3n) is 2.76. The first kappa shape index (κ1) is 13.6. The Morgan fingerprint density at radius 2 is 2.05 bits per heavy atom. The first-order valence-corrected chi connectivity index (χ1v) is 5.74. The number of amides is 1. The average Bonchev–Trinajstić information content (AvgIpc) is 2.83. The van der Waals surface area contributed by atoms with E-state index in [4.69, 9.17) is 15.4 Å². The van der Waals surface area contributed by atoms with Crippen LogP contribution in [-0.4, -0.2) is 29.2 Å². The van der Waals surface area contributed by atoms with E-state index in [0.29, 0.717) is 11.4 Å². The molecule has 20 heavy (non-hydrogen) atoms. The molecule has 104 valence electrons. The molecule has 0 fully saturated rings. The SMILES string of the molecule is Cc1cc(C(=O)N(C)c2ccc(N)cc2C(=O)O)no1. The van der Waals surface area contributed by atoms with Gasteiger partial charge in [-0.1, -0.05) is 5.16 Å². The van der Waals surface area contributed by atoms with Gasteiger partial charge in [-0.15, -0.1) is 0 Å². The highest BCUT2D eigenvalue weighted by molar-refractivity contribution is 6.08. The standard InChI is InChI=1S/C13H13N3O4/c1-7-5-10(15-20-7)12(17)16(2)11-4-3-8(14)6-9(11)13(18)19/h3-6H,14H2,1-2H3,(H,18,19). The van der Waals surface area contributed by atoms with Crippen LogP contribution in [0.3, 0.4) is 0 Å². The number of nitrogens with two attached hydrogens (primary N) is 1. The highest BCUT2D eigenvalue weighted by Crippen LogP contribution is 2.23. The van der Waals surface area contributed by atoms with Crippen molar-refractivity contribution < 1.29 is 19.2 Å². The highest BCUT2D eigenvalue weighted by atomic mass is 16.5. The molecule has 0 aliphatic rings. The minimum atomic E-state index is -1.16. The van der Waals surface area contributed by atoms with E-state index < -0.39 is 11.9 Å². The Balaban J connectivity index is 2.40. The normalized spacial score (nSPS) is 10.3. The highest BCUT2D eigenvalue weighted by Gasteiger charge is 2.22. The minimum absolute atomic E-state index is 0.0546. The molecule has 0 unspecified atom stereocenters. The molecule has 0 aliphatic carbocycles. The molecular weight excluding hydrogens is 262 g/mol. The number of carbonyl (C=O) groups is 2. The fourth-order valence-electron chi connectivity index (χ4n) is 1.77. The van der Waals surface area contributed by atoms with Gasteiger partial charge in [0.1, 0.15) is 5.76 Å². The summed E-state index contributed by atoms with van der Waals surface area (Å²) in [7, 11) is 1.46. The van der Waals surface area contributed by atoms with Crippen LogP contribution in [0.25, 0.3) is 0 Å². The molecule has 2 aromatic rings. The number of aryl methyl sites for hydroxylation is 1. The Bertz CT molecular complexity index is 678. The van der Waals surface area contributed by atoms with Crippen molar-refractivity contribution >= 4 is 23.3 Å². The van der Waals surface area contributed by atoms with Crippen LogP contribution in [0.15, 0.2) is 28.8 Å². The van der Waals surface area contributed by atoms with Gasteiger partial charge in [-0.25, -0.2) is 4.79 Å². The summed E-state index contributed by atoms with van der Waals surface area (Å²) in [6.07, 6.45) is 0. The van der Waals surface area contributed by atoms with Crippen molar-refractivity contribution in [3.8, 4) is 0 Å². The van der Waals surface area contributed by atoms with Crippen molar-refractivity contribution in [2.45, 2.75) is 6.92 Å². The van der Waals surface area contributed by atoms with Crippen LogP contribution in [0, 0.1) is 6.92 Å². The van der Waals surface area contributed by atoms with E-state index >= 15 is 0 Å². The van der Waals surface area contributed by atoms with Crippen LogP contribution in [0.1, 0.15) is 26.6 Å². The lowest BCUT2D eigenvalue weighted by molar-refractivity contribution is 0.0698. The second-order valence-electron chi connectivity index (χ2n) is 4.27. The number of carbonyl (C=O) groups excluding carboxylic acids is 1. The number of benzene rings is 1. The maximum Gasteiger partial charge on any atom is 0.337 e. The number of rotatable bonds is 3. The third-order valence-corrected chi connectivity index (χ3v) is 2.76. The van der Waals surface area contributed by atoms with Gasteiger partial charge in [0, 0.05) is 18.8 Å². The van der Waals surface area contributed by atoms with Gasteiger partial charge < -0.3 is 20.3 Å². The predicted octanol–water partition coefficient (Wildman–Crippen LogP) is 1.54. The number of carboxylic acids is 1. The van der Waals surface area contributed by atoms with Gasteiger partial charge in [0.15, 0.2) is 5.69 Å². The zero-order valence-corrected chi connectivity index (χ0v) is 11.0. The second-order valence-corrected chi connectivity index (χ2v) is 4.27. The lowest BCUT2D eigenvalue weighted by atomic mass is 10.1. The summed E-state index contributed by atoms with van der Waals surface area (Å²) in [5.41, 5.74) is 6.16. The Morgan fingerprint density at radius 3 is 2.60 bits per heavy atom. The molecule has 1 amide bonds. The van der Waals surface area contributed by atoms with Crippen LogP contribution >= 0.6 is 0 Å². The zero-order chi connectivity index (χ0) is 14.9. The summed E-state index contributed by atoms with van der Waals surface area (Å²) >= 11 is 0. The molecule has 0 atom stereocenters. The molecule has 7 nitrogen and oxygen atoms in total. The number of nitrogen functional groups attached to an aromatic ring is 1. The molecule has 0 radical (unpaired) electrons. The lowest BCUT2D eigenvalue weighted by Gasteiger charge is -2.18. The van der Waals surface area contributed by atoms with Gasteiger partial charge in [-0.2, -0.15) is 0 Å². The Morgan fingerprint density at radius 1 is 1.35 bits per heavy atom. The maximum absolute atomic E-state index is 12.2. The van der Waals surface area contributed by atoms with Gasteiger partial charge in [-0.05, 0) is 25.1 Å². The van der Waals surface area contributed by atoms with Gasteiger partial charge in [-0.3, -0.25) is 4.79 Å². The van der Waals surface area contributed by atoms with Crippen LogP contribution < -0.4 is 10.6 Å². The van der Waals surface area contributed by atoms with Crippen LogP contribution in [0.4, 0.5) is 11.4 Å². The molecule has 2 rings (SSSR count). The monoisotopic (exact) mass is 275 g/mol. The number of anilines is 2. The molecule has 0 spiro atoms. The molecule has 0 bridgehead atoms. The van der Waals surface area contributed by atoms with Crippen LogP contribution in [-0.2, 0) is 0 Å². The van der Waals surface area contributed by atoms with Crippen molar-refractivity contribution in [1.82, 2.24) is 5.16 Å². The largest absolute Gasteiger partial charge is 0.478 e. The Kier molecular flexibility index (Phi) is 3.43. The predicted molar refractivity (Wildman–Crippen MR) is 71.8 cm³/mol. The third kappa shape index (κ3) is 2.46. The lowest BCUT2D eigenvalue weighted by Crippen LogP contribution is -2.28. The van der Waals surface area contributed by atoms with Crippen molar-refractivity contribution in [2.75, 3.05) is 17.7 Å². The minimum Gasteiger partial charge on any atom is -0.478 e. The molecule has 1 heterocycles. The Labute approximate surface area is 114 Å². The van der Waals surface area contributed by atoms with Gasteiger partial charge in [0.2, 0.25) is 0 Å². The van der Waals surface area contributed by atoms with Crippen LogP contribution in [0.5, 0.6) is 0 Å². The summed E-state index contributed by atoms with van der Waals surface area (Å²) in [5, 5.41) is 12.8. The molecule has 3 N–H and O–H groups in total. The van der Waals surface area contributed by atoms with E-state index in [1.807, 2.05) is 0 Å². The van der Waals surface area contributed by atoms with Crippen molar-refractivity contribution in [1.29, 1.82) is 0 Å². The fraction of sp³-hybridized carbons (Fsp3) is 0.154. The number of aromatic nitrogens is 1. The molecule has 0 aliphatic heterocycles. The van der Waals surface area contributed by atoms with E-state index in [0.717, 1.165) is 0 Å². The smallest absolute Gasteiger partial charge is 0.337 e. The number of hydrogen-bond acceptors (Lipinski definition) is 5. The van der Waals surface area contributed by atoms with Crippen molar-refractivity contribution in [2.24, 2.45) is 0 Å². The van der Waals surface area contributed by atoms with Gasteiger partial charge >= 0.3 is 5.97 Å². The van der Waals surface area contributed by atoms with Gasteiger partial charge in [0.05, 0.1) is 11.3 Å². The Hall–Kier alpha value is -2.83. The fourth-order valence-corrected chi connectivity index (χ4v) is 1.77. The quantitative estimate of drug-likeness (QED) is 0.822. The molecular formula is C13H13N3O4. The number of nitrogens with zero attached hydrogens (tertiary/aromatic N) is 2. The summed E-state index contributed by atoms with van der Waals surface area (Å²) in [4.78, 5) is 24.6. The van der Waals surface area contributed by atoms with Crippen molar-refractivity contribution in [3.63, 3.8) is 0 Å². The maximum atomic E-state index is 12.2. The average molecular weight is 275 g/mol. The van der Waals surface area contributed by atoms with E-state index in [2.05, 4.69) is 5.16 Å². The summed E-state index contributed by atoms with van der Waals surface area (Å²) in [6.45, 7) is 1.66. The first-order chi connectivity index (χ1) is 9.40. The second kappa shape index (κ2) is 5.04. The molecule has 1 aromatic carbocycles. The van der Waals surface area contributed by atoms with Gasteiger partial charge in [0.25, 0.3) is 5.91 Å². The summed E-state index contributed by atoms with van der Waals surface area (Å²) in [6, 6.07) is 5.79. The molecule has 0 saturated heterocycles. The number of aromatic carboxylic acids is 1. The number of hydrogen-bond donors (Lipinski definition) is 2. The first-order valence-electron chi connectivity index (χ1n) is 5.74. The summed E-state index contributed by atoms with van der Waals surface area (Å²) < 4.78 is 4.83. The summed E-state index contributed by atoms with van der Waals surface area (Å²) in [5.74, 6) is -1.13. The van der Waals surface area contributed by atoms with E-state index in [9.17, 15) is 9.59 Å². The zero-order valence-electron chi connectivity index (χ0n) is 11.0. The topological polar surface area (TPSA) is 110 Å². The molecule has 0 saturated carbocycles. The van der Waals surface area contributed by atoms with Crippen LogP contribution in [0.2, 0.25) is 0 Å².